The van der Waals surface area contributed by atoms with Gasteiger partial charge in [0.25, 0.3) is 0 Å². The van der Waals surface area contributed by atoms with E-state index in [0.29, 0.717) is 23.9 Å². The van der Waals surface area contributed by atoms with E-state index in [4.69, 9.17) is 10.2 Å². The fourth-order valence-electron chi connectivity index (χ4n) is 2.74. The highest BCUT2D eigenvalue weighted by molar-refractivity contribution is 5.95. The van der Waals surface area contributed by atoms with Gasteiger partial charge >= 0.3 is 6.03 Å². The Morgan fingerprint density at radius 3 is 2.48 bits per heavy atom. The van der Waals surface area contributed by atoms with E-state index in [9.17, 15) is 14.4 Å². The Kier molecular flexibility index (Phi) is 5.87. The summed E-state index contributed by atoms with van der Waals surface area (Å²) in [6, 6.07) is 10.2. The van der Waals surface area contributed by atoms with Crippen LogP contribution in [0.2, 0.25) is 0 Å². The number of benzene rings is 1. The number of carbonyl (C=O) groups is 3. The van der Waals surface area contributed by atoms with Crippen LogP contribution in [0.5, 0.6) is 0 Å². The first-order chi connectivity index (χ1) is 13.0. The number of primary amides is 1. The lowest BCUT2D eigenvalue weighted by Crippen LogP contribution is -2.44. The number of urea groups is 1. The number of nitrogens with one attached hydrogen (secondary N) is 2. The maximum atomic E-state index is 12.2. The summed E-state index contributed by atoms with van der Waals surface area (Å²) in [4.78, 5) is 37.2. The van der Waals surface area contributed by atoms with Crippen molar-refractivity contribution in [2.45, 2.75) is 32.0 Å². The van der Waals surface area contributed by atoms with Crippen LogP contribution in [0.1, 0.15) is 34.5 Å². The first-order valence-corrected chi connectivity index (χ1v) is 8.74. The van der Waals surface area contributed by atoms with Crippen molar-refractivity contribution in [3.05, 3.63) is 59.5 Å². The zero-order valence-electron chi connectivity index (χ0n) is 14.8. The number of imide groups is 1. The summed E-state index contributed by atoms with van der Waals surface area (Å²) < 4.78 is 5.12. The number of nitrogens with zero attached hydrogens (tertiary/aromatic N) is 1. The largest absolute Gasteiger partial charge is 0.467 e. The Bertz CT molecular complexity index is 798. The smallest absolute Gasteiger partial charge is 0.321 e. The van der Waals surface area contributed by atoms with Crippen molar-refractivity contribution in [1.29, 1.82) is 0 Å². The molecule has 0 spiro atoms. The fourth-order valence-corrected chi connectivity index (χ4v) is 2.74. The Balaban J connectivity index is 1.49. The monoisotopic (exact) mass is 370 g/mol. The van der Waals surface area contributed by atoms with E-state index < -0.39 is 11.9 Å². The highest BCUT2D eigenvalue weighted by atomic mass is 16.3. The number of nitrogens with two attached hydrogens (primary N) is 1. The summed E-state index contributed by atoms with van der Waals surface area (Å²) in [5.74, 6) is -0.232. The van der Waals surface area contributed by atoms with Crippen LogP contribution < -0.4 is 16.4 Å². The molecule has 4 N–H and O–H groups in total. The van der Waals surface area contributed by atoms with Gasteiger partial charge in [0, 0.05) is 18.2 Å². The quantitative estimate of drug-likeness (QED) is 0.649. The molecule has 1 fully saturated rings. The summed E-state index contributed by atoms with van der Waals surface area (Å²) in [5.41, 5.74) is 6.67. The molecule has 3 rings (SSSR count). The molecule has 0 radical (unpaired) electrons. The molecule has 0 bridgehead atoms. The van der Waals surface area contributed by atoms with Gasteiger partial charge in [0.05, 0.1) is 19.4 Å². The van der Waals surface area contributed by atoms with Gasteiger partial charge in [-0.1, -0.05) is 12.1 Å². The van der Waals surface area contributed by atoms with Crippen molar-refractivity contribution in [1.82, 2.24) is 15.5 Å². The van der Waals surface area contributed by atoms with Gasteiger partial charge < -0.3 is 15.5 Å². The fraction of sp³-hybridized carbons (Fsp3) is 0.316. The van der Waals surface area contributed by atoms with Crippen molar-refractivity contribution >= 4 is 17.8 Å². The molecule has 0 aliphatic heterocycles. The van der Waals surface area contributed by atoms with Gasteiger partial charge in [-0.2, -0.15) is 0 Å². The van der Waals surface area contributed by atoms with Crippen molar-refractivity contribution in [2.24, 2.45) is 5.73 Å². The minimum atomic E-state index is -0.557. The van der Waals surface area contributed by atoms with Gasteiger partial charge in [-0.15, -0.1) is 0 Å². The molecule has 8 nitrogen and oxygen atoms in total. The molecule has 1 aromatic heterocycles. The molecule has 1 saturated carbocycles. The molecule has 142 valence electrons. The first-order valence-electron chi connectivity index (χ1n) is 8.74. The number of hydrogen-bond donors (Lipinski definition) is 3. The second-order valence-electron chi connectivity index (χ2n) is 6.51. The Hall–Kier alpha value is -3.13. The molecule has 1 aromatic carbocycles. The Morgan fingerprint density at radius 1 is 1.15 bits per heavy atom. The average Bonchev–Trinajstić information content (AvgIpc) is 3.35. The topological polar surface area (TPSA) is 118 Å². The van der Waals surface area contributed by atoms with E-state index in [0.717, 1.165) is 18.4 Å². The second kappa shape index (κ2) is 8.50. The lowest BCUT2D eigenvalue weighted by Gasteiger charge is -2.21. The minimum Gasteiger partial charge on any atom is -0.467 e. The minimum absolute atomic E-state index is 0.121. The van der Waals surface area contributed by atoms with Gasteiger partial charge in [0.1, 0.15) is 5.76 Å². The molecule has 0 atom stereocenters. The number of rotatable bonds is 8. The van der Waals surface area contributed by atoms with E-state index in [2.05, 4.69) is 10.6 Å². The number of hydrogen-bond acceptors (Lipinski definition) is 5. The zero-order valence-corrected chi connectivity index (χ0v) is 14.8. The van der Waals surface area contributed by atoms with Gasteiger partial charge in [-0.25, -0.2) is 4.79 Å². The van der Waals surface area contributed by atoms with Gasteiger partial charge in [0.15, 0.2) is 0 Å². The van der Waals surface area contributed by atoms with E-state index >= 15 is 0 Å². The summed E-state index contributed by atoms with van der Waals surface area (Å²) in [6.07, 6.45) is 3.57. The third kappa shape index (κ3) is 5.68. The summed E-state index contributed by atoms with van der Waals surface area (Å²) >= 11 is 0. The molecule has 8 heteroatoms. The zero-order chi connectivity index (χ0) is 19.2. The highest BCUT2D eigenvalue weighted by Gasteiger charge is 2.30. The van der Waals surface area contributed by atoms with Gasteiger partial charge in [-0.05, 0) is 42.7 Å². The van der Waals surface area contributed by atoms with E-state index in [1.807, 2.05) is 17.0 Å². The normalized spacial score (nSPS) is 13.4. The van der Waals surface area contributed by atoms with Crippen molar-refractivity contribution < 1.29 is 18.8 Å². The molecular formula is C19H22N4O4. The lowest BCUT2D eigenvalue weighted by molar-refractivity contribution is -0.121. The molecule has 0 unspecified atom stereocenters. The third-order valence-corrected chi connectivity index (χ3v) is 4.29. The van der Waals surface area contributed by atoms with Crippen molar-refractivity contribution in [2.75, 3.05) is 6.54 Å². The molecule has 2 aromatic rings. The van der Waals surface area contributed by atoms with Crippen LogP contribution in [0.25, 0.3) is 0 Å². The Morgan fingerprint density at radius 2 is 1.89 bits per heavy atom. The molecular weight excluding hydrogens is 348 g/mol. The van der Waals surface area contributed by atoms with E-state index in [1.54, 1.807) is 24.3 Å². The predicted octanol–water partition coefficient (Wildman–Crippen LogP) is 1.37. The SMILES string of the molecule is NC(=O)c1ccc(CN(CC(=O)NC(=O)NCc2ccco2)C2CC2)cc1. The number of furan rings is 1. The number of amides is 4. The van der Waals surface area contributed by atoms with Crippen LogP contribution >= 0.6 is 0 Å². The predicted molar refractivity (Wildman–Crippen MR) is 97.5 cm³/mol. The van der Waals surface area contributed by atoms with Gasteiger partial charge in [-0.3, -0.25) is 19.8 Å². The maximum absolute atomic E-state index is 12.2. The summed E-state index contributed by atoms with van der Waals surface area (Å²) in [7, 11) is 0. The van der Waals surface area contributed by atoms with Crippen LogP contribution in [0.15, 0.2) is 47.1 Å². The third-order valence-electron chi connectivity index (χ3n) is 4.29. The van der Waals surface area contributed by atoms with Gasteiger partial charge in [0.2, 0.25) is 11.8 Å². The first kappa shape index (κ1) is 18.7. The van der Waals surface area contributed by atoms with Crippen LogP contribution in [0.4, 0.5) is 4.79 Å². The molecule has 1 aliphatic carbocycles. The molecule has 1 aliphatic rings. The van der Waals surface area contributed by atoms with Crippen LogP contribution in [-0.2, 0) is 17.9 Å². The molecule has 0 saturated heterocycles. The molecule has 27 heavy (non-hydrogen) atoms. The highest BCUT2D eigenvalue weighted by Crippen LogP contribution is 2.28. The summed E-state index contributed by atoms with van der Waals surface area (Å²) in [6.45, 7) is 0.895. The second-order valence-corrected chi connectivity index (χ2v) is 6.51. The van der Waals surface area contributed by atoms with E-state index in [-0.39, 0.29) is 19.0 Å². The van der Waals surface area contributed by atoms with Crippen molar-refractivity contribution in [3.8, 4) is 0 Å². The van der Waals surface area contributed by atoms with E-state index in [1.165, 1.54) is 6.26 Å². The molecule has 1 heterocycles. The lowest BCUT2D eigenvalue weighted by atomic mass is 10.1. The number of carbonyl (C=O) groups excluding carboxylic acids is 3. The average molecular weight is 370 g/mol. The van der Waals surface area contributed by atoms with Crippen LogP contribution in [0.3, 0.4) is 0 Å². The van der Waals surface area contributed by atoms with Crippen LogP contribution in [-0.4, -0.2) is 35.3 Å². The van der Waals surface area contributed by atoms with Crippen molar-refractivity contribution in [3.63, 3.8) is 0 Å². The maximum Gasteiger partial charge on any atom is 0.321 e. The summed E-state index contributed by atoms with van der Waals surface area (Å²) in [5, 5.41) is 4.91. The standard InChI is InChI=1S/C19H22N4O4/c20-18(25)14-5-3-13(4-6-14)11-23(15-7-8-15)12-17(24)22-19(26)21-10-16-2-1-9-27-16/h1-6,9,15H,7-8,10-12H2,(H2,20,25)(H2,21,22,24,26). The molecule has 4 amide bonds. The Labute approximate surface area is 156 Å². The van der Waals surface area contributed by atoms with Crippen LogP contribution in [0, 0.1) is 0 Å².